The predicted molar refractivity (Wildman–Crippen MR) is 89.0 cm³/mol. The number of carbonyl (C=O) groups is 2. The Balaban J connectivity index is 1.88. The molecule has 0 atom stereocenters. The Hall–Kier alpha value is -2.25. The van der Waals surface area contributed by atoms with Gasteiger partial charge in [0.15, 0.2) is 5.11 Å². The van der Waals surface area contributed by atoms with Crippen LogP contribution < -0.4 is 10.6 Å². The highest BCUT2D eigenvalue weighted by Gasteiger charge is 2.10. The lowest BCUT2D eigenvalue weighted by Crippen LogP contribution is -2.38. The van der Waals surface area contributed by atoms with Gasteiger partial charge in [-0.25, -0.2) is 4.79 Å². The summed E-state index contributed by atoms with van der Waals surface area (Å²) >= 11 is 6.68. The first-order valence-corrected chi connectivity index (χ1v) is 7.69. The minimum Gasteiger partial charge on any atom is -0.465 e. The first-order chi connectivity index (χ1) is 10.6. The molecule has 0 saturated heterocycles. The summed E-state index contributed by atoms with van der Waals surface area (Å²) in [4.78, 5) is 24.5. The van der Waals surface area contributed by atoms with Gasteiger partial charge in [-0.3, -0.25) is 10.1 Å². The summed E-state index contributed by atoms with van der Waals surface area (Å²) < 4.78 is 4.60. The summed E-state index contributed by atoms with van der Waals surface area (Å²) in [5, 5.41) is 7.78. The quantitative estimate of drug-likeness (QED) is 0.663. The zero-order chi connectivity index (χ0) is 15.9. The van der Waals surface area contributed by atoms with Gasteiger partial charge in [0.25, 0.3) is 5.91 Å². The molecule has 2 N–H and O–H groups in total. The molecular weight excluding hydrogens is 320 g/mol. The molecule has 1 heterocycles. The van der Waals surface area contributed by atoms with Gasteiger partial charge in [-0.05, 0) is 47.9 Å². The number of amides is 1. The van der Waals surface area contributed by atoms with Crippen LogP contribution in [0.15, 0.2) is 41.8 Å². The molecule has 0 aliphatic carbocycles. The second-order valence-corrected chi connectivity index (χ2v) is 5.73. The standard InChI is InChI=1S/C15H14N2O3S2/c1-20-14(19)11-6-4-10(5-7-11)13(18)17-15(21)16-9-12-3-2-8-22-12/h2-8H,9H2,1H3,(H2,16,17,18,21). The molecule has 0 fully saturated rings. The minimum atomic E-state index is -0.444. The highest BCUT2D eigenvalue weighted by atomic mass is 32.1. The zero-order valence-corrected chi connectivity index (χ0v) is 13.4. The van der Waals surface area contributed by atoms with E-state index in [1.807, 2.05) is 17.5 Å². The van der Waals surface area contributed by atoms with Crippen molar-refractivity contribution in [1.82, 2.24) is 10.6 Å². The molecule has 0 radical (unpaired) electrons. The van der Waals surface area contributed by atoms with Crippen LogP contribution in [0, 0.1) is 0 Å². The summed E-state index contributed by atoms with van der Waals surface area (Å²) in [5.74, 6) is -0.778. The Bertz CT molecular complexity index is 667. The fourth-order valence-electron chi connectivity index (χ4n) is 1.68. The predicted octanol–water partition coefficient (Wildman–Crippen LogP) is 2.34. The smallest absolute Gasteiger partial charge is 0.337 e. The maximum absolute atomic E-state index is 12.0. The van der Waals surface area contributed by atoms with Gasteiger partial charge >= 0.3 is 5.97 Å². The molecule has 5 nitrogen and oxygen atoms in total. The first kappa shape index (κ1) is 16.1. The molecule has 0 spiro atoms. The van der Waals surface area contributed by atoms with E-state index in [0.717, 1.165) is 4.88 Å². The van der Waals surface area contributed by atoms with Crippen molar-refractivity contribution in [3.63, 3.8) is 0 Å². The van der Waals surface area contributed by atoms with Crippen molar-refractivity contribution in [1.29, 1.82) is 0 Å². The van der Waals surface area contributed by atoms with Crippen LogP contribution in [-0.4, -0.2) is 24.1 Å². The molecule has 0 bridgehead atoms. The largest absolute Gasteiger partial charge is 0.465 e. The number of hydrogen-bond acceptors (Lipinski definition) is 5. The minimum absolute atomic E-state index is 0.260. The lowest BCUT2D eigenvalue weighted by Gasteiger charge is -2.09. The van der Waals surface area contributed by atoms with Crippen LogP contribution in [0.1, 0.15) is 25.6 Å². The molecular formula is C15H14N2O3S2. The van der Waals surface area contributed by atoms with Crippen molar-refractivity contribution in [3.05, 3.63) is 57.8 Å². The molecule has 2 aromatic rings. The van der Waals surface area contributed by atoms with Crippen LogP contribution in [0.3, 0.4) is 0 Å². The van der Waals surface area contributed by atoms with E-state index in [-0.39, 0.29) is 11.0 Å². The van der Waals surface area contributed by atoms with E-state index in [1.54, 1.807) is 23.5 Å². The van der Waals surface area contributed by atoms with Gasteiger partial charge in [0.2, 0.25) is 0 Å². The molecule has 22 heavy (non-hydrogen) atoms. The lowest BCUT2D eigenvalue weighted by molar-refractivity contribution is 0.0600. The van der Waals surface area contributed by atoms with Crippen LogP contribution in [0.4, 0.5) is 0 Å². The number of rotatable bonds is 4. The van der Waals surface area contributed by atoms with Gasteiger partial charge in [0, 0.05) is 10.4 Å². The maximum Gasteiger partial charge on any atom is 0.337 e. The van der Waals surface area contributed by atoms with Gasteiger partial charge in [-0.15, -0.1) is 11.3 Å². The van der Waals surface area contributed by atoms with E-state index in [0.29, 0.717) is 17.7 Å². The molecule has 0 aliphatic rings. The fraction of sp³-hybridized carbons (Fsp3) is 0.133. The first-order valence-electron chi connectivity index (χ1n) is 6.40. The van der Waals surface area contributed by atoms with Crippen molar-refractivity contribution in [2.75, 3.05) is 7.11 Å². The van der Waals surface area contributed by atoms with Crippen molar-refractivity contribution >= 4 is 40.5 Å². The maximum atomic E-state index is 12.0. The zero-order valence-electron chi connectivity index (χ0n) is 11.8. The van der Waals surface area contributed by atoms with Crippen LogP contribution in [0.5, 0.6) is 0 Å². The summed E-state index contributed by atoms with van der Waals surface area (Å²) in [6.45, 7) is 0.568. The average molecular weight is 334 g/mol. The van der Waals surface area contributed by atoms with Crippen LogP contribution in [-0.2, 0) is 11.3 Å². The number of thiophene rings is 1. The fourth-order valence-corrected chi connectivity index (χ4v) is 2.49. The third-order valence-electron chi connectivity index (χ3n) is 2.80. The Labute approximate surface area is 137 Å². The van der Waals surface area contributed by atoms with Gasteiger partial charge in [-0.1, -0.05) is 6.07 Å². The molecule has 1 aromatic carbocycles. The summed E-state index contributed by atoms with van der Waals surface area (Å²) in [6, 6.07) is 10.1. The molecule has 2 rings (SSSR count). The molecule has 0 saturated carbocycles. The summed E-state index contributed by atoms with van der Waals surface area (Å²) in [5.41, 5.74) is 0.797. The average Bonchev–Trinajstić information content (AvgIpc) is 3.05. The highest BCUT2D eigenvalue weighted by Crippen LogP contribution is 2.08. The van der Waals surface area contributed by atoms with Gasteiger partial charge in [-0.2, -0.15) is 0 Å². The summed E-state index contributed by atoms with van der Waals surface area (Å²) in [6.07, 6.45) is 0. The number of benzene rings is 1. The van der Waals surface area contributed by atoms with Gasteiger partial charge in [0.05, 0.1) is 19.2 Å². The van der Waals surface area contributed by atoms with E-state index in [4.69, 9.17) is 12.2 Å². The van der Waals surface area contributed by atoms with E-state index in [2.05, 4.69) is 15.4 Å². The van der Waals surface area contributed by atoms with Crippen LogP contribution in [0.2, 0.25) is 0 Å². The number of thiocarbonyl (C=S) groups is 1. The third kappa shape index (κ3) is 4.37. The van der Waals surface area contributed by atoms with Crippen molar-refractivity contribution < 1.29 is 14.3 Å². The number of hydrogen-bond donors (Lipinski definition) is 2. The van der Waals surface area contributed by atoms with Crippen molar-refractivity contribution in [2.24, 2.45) is 0 Å². The number of ether oxygens (including phenoxy) is 1. The van der Waals surface area contributed by atoms with Gasteiger partial charge in [0.1, 0.15) is 0 Å². The number of carbonyl (C=O) groups excluding carboxylic acids is 2. The molecule has 1 amide bonds. The Morgan fingerprint density at radius 2 is 1.86 bits per heavy atom. The van der Waals surface area contributed by atoms with E-state index >= 15 is 0 Å². The van der Waals surface area contributed by atoms with E-state index < -0.39 is 5.97 Å². The molecule has 7 heteroatoms. The number of methoxy groups -OCH3 is 1. The lowest BCUT2D eigenvalue weighted by atomic mass is 10.1. The molecule has 1 aromatic heterocycles. The molecule has 0 aliphatic heterocycles. The molecule has 114 valence electrons. The Morgan fingerprint density at radius 1 is 1.18 bits per heavy atom. The van der Waals surface area contributed by atoms with Crippen LogP contribution >= 0.6 is 23.6 Å². The molecule has 0 unspecified atom stereocenters. The second-order valence-electron chi connectivity index (χ2n) is 4.29. The summed E-state index contributed by atoms with van der Waals surface area (Å²) in [7, 11) is 1.31. The Kier molecular flexibility index (Phi) is 5.62. The third-order valence-corrected chi connectivity index (χ3v) is 3.92. The SMILES string of the molecule is COC(=O)c1ccc(C(=O)NC(=S)NCc2cccs2)cc1. The van der Waals surface area contributed by atoms with Gasteiger partial charge < -0.3 is 10.1 Å². The van der Waals surface area contributed by atoms with E-state index in [1.165, 1.54) is 19.2 Å². The number of nitrogens with one attached hydrogen (secondary N) is 2. The van der Waals surface area contributed by atoms with Crippen molar-refractivity contribution in [3.8, 4) is 0 Å². The monoisotopic (exact) mass is 334 g/mol. The Morgan fingerprint density at radius 3 is 2.45 bits per heavy atom. The van der Waals surface area contributed by atoms with Crippen LogP contribution in [0.25, 0.3) is 0 Å². The second kappa shape index (κ2) is 7.67. The highest BCUT2D eigenvalue weighted by molar-refractivity contribution is 7.80. The number of esters is 1. The van der Waals surface area contributed by atoms with E-state index in [9.17, 15) is 9.59 Å². The normalized spacial score (nSPS) is 9.86. The topological polar surface area (TPSA) is 67.4 Å². The van der Waals surface area contributed by atoms with Crippen molar-refractivity contribution in [2.45, 2.75) is 6.54 Å².